The van der Waals surface area contributed by atoms with Crippen LogP contribution in [0.3, 0.4) is 0 Å². The molecular formula is C19H15N3O4. The van der Waals surface area contributed by atoms with E-state index in [2.05, 4.69) is 15.6 Å². The first-order valence-corrected chi connectivity index (χ1v) is 8.02. The van der Waals surface area contributed by atoms with Gasteiger partial charge in [-0.2, -0.15) is 0 Å². The number of hydrogen-bond acceptors (Lipinski definition) is 5. The van der Waals surface area contributed by atoms with Gasteiger partial charge in [0.15, 0.2) is 18.3 Å². The molecule has 7 nitrogen and oxygen atoms in total. The van der Waals surface area contributed by atoms with E-state index < -0.39 is 6.10 Å². The molecule has 7 heteroatoms. The molecule has 3 aromatic rings. The molecule has 26 heavy (non-hydrogen) atoms. The van der Waals surface area contributed by atoms with Gasteiger partial charge in [0.05, 0.1) is 11.9 Å². The summed E-state index contributed by atoms with van der Waals surface area (Å²) in [4.78, 5) is 28.0. The quantitative estimate of drug-likeness (QED) is 0.757. The normalized spacial score (nSPS) is 15.6. The van der Waals surface area contributed by atoms with E-state index in [0.29, 0.717) is 28.4 Å². The van der Waals surface area contributed by atoms with Crippen LogP contribution in [0.2, 0.25) is 0 Å². The van der Waals surface area contributed by atoms with Gasteiger partial charge in [0.2, 0.25) is 0 Å². The minimum absolute atomic E-state index is 0.219. The summed E-state index contributed by atoms with van der Waals surface area (Å²) >= 11 is 0. The average molecular weight is 349 g/mol. The van der Waals surface area contributed by atoms with Gasteiger partial charge in [0.25, 0.3) is 11.8 Å². The van der Waals surface area contributed by atoms with E-state index in [1.54, 1.807) is 55.6 Å². The van der Waals surface area contributed by atoms with Gasteiger partial charge in [0.1, 0.15) is 5.75 Å². The number of carbonyl (C=O) groups excluding carboxylic acids is 2. The van der Waals surface area contributed by atoms with Crippen molar-refractivity contribution in [2.75, 3.05) is 10.6 Å². The third kappa shape index (κ3) is 3.02. The lowest BCUT2D eigenvalue weighted by Crippen LogP contribution is -2.34. The van der Waals surface area contributed by atoms with Crippen molar-refractivity contribution in [2.24, 2.45) is 0 Å². The molecule has 2 N–H and O–H groups in total. The fourth-order valence-electron chi connectivity index (χ4n) is 2.63. The molecule has 1 aliphatic heterocycles. The summed E-state index contributed by atoms with van der Waals surface area (Å²) in [7, 11) is 0. The third-order valence-corrected chi connectivity index (χ3v) is 4.03. The van der Waals surface area contributed by atoms with Crippen LogP contribution in [0, 0.1) is 0 Å². The van der Waals surface area contributed by atoms with Crippen molar-refractivity contribution in [1.82, 2.24) is 4.98 Å². The Balaban J connectivity index is 1.50. The Kier molecular flexibility index (Phi) is 3.89. The molecule has 2 amide bonds. The number of hydrogen-bond donors (Lipinski definition) is 2. The number of nitrogens with zero attached hydrogens (tertiary/aromatic N) is 1. The maximum atomic E-state index is 12.4. The van der Waals surface area contributed by atoms with Crippen molar-refractivity contribution in [3.05, 3.63) is 60.6 Å². The number of fused-ring (bicyclic) bond motifs is 1. The number of ether oxygens (including phenoxy) is 1. The molecule has 4 rings (SSSR count). The second-order valence-corrected chi connectivity index (χ2v) is 5.86. The van der Waals surface area contributed by atoms with Crippen LogP contribution in [0.15, 0.2) is 59.5 Å². The molecule has 2 aromatic carbocycles. The van der Waals surface area contributed by atoms with Gasteiger partial charge in [-0.3, -0.25) is 9.59 Å². The van der Waals surface area contributed by atoms with Crippen molar-refractivity contribution in [1.29, 1.82) is 0 Å². The molecule has 0 bridgehead atoms. The highest BCUT2D eigenvalue weighted by molar-refractivity contribution is 6.05. The van der Waals surface area contributed by atoms with Gasteiger partial charge in [-0.05, 0) is 37.3 Å². The Morgan fingerprint density at radius 1 is 1.19 bits per heavy atom. The topological polar surface area (TPSA) is 93.5 Å². The van der Waals surface area contributed by atoms with Crippen molar-refractivity contribution in [3.63, 3.8) is 0 Å². The Labute approximate surface area is 149 Å². The van der Waals surface area contributed by atoms with Crippen LogP contribution in [0.25, 0.3) is 11.3 Å². The number of aromatic nitrogens is 1. The fraction of sp³-hybridized carbons (Fsp3) is 0.105. The summed E-state index contributed by atoms with van der Waals surface area (Å²) in [5, 5.41) is 5.56. The Bertz CT molecular complexity index is 965. The predicted molar refractivity (Wildman–Crippen MR) is 95.1 cm³/mol. The number of nitrogens with one attached hydrogen (secondary N) is 2. The predicted octanol–water partition coefficient (Wildman–Crippen LogP) is 3.31. The largest absolute Gasteiger partial charge is 0.479 e. The second kappa shape index (κ2) is 6.36. The van der Waals surface area contributed by atoms with Crippen molar-refractivity contribution < 1.29 is 18.7 Å². The molecular weight excluding hydrogens is 334 g/mol. The van der Waals surface area contributed by atoms with Crippen LogP contribution in [-0.4, -0.2) is 22.9 Å². The van der Waals surface area contributed by atoms with Crippen LogP contribution in [0.5, 0.6) is 5.75 Å². The fourth-order valence-corrected chi connectivity index (χ4v) is 2.63. The number of anilines is 2. The van der Waals surface area contributed by atoms with Crippen molar-refractivity contribution in [2.45, 2.75) is 13.0 Å². The first-order chi connectivity index (χ1) is 12.6. The molecule has 0 radical (unpaired) electrons. The molecule has 130 valence electrons. The highest BCUT2D eigenvalue weighted by atomic mass is 16.5. The average Bonchev–Trinajstić information content (AvgIpc) is 3.18. The molecule has 1 atom stereocenters. The maximum absolute atomic E-state index is 12.4. The summed E-state index contributed by atoms with van der Waals surface area (Å²) < 4.78 is 10.7. The second-order valence-electron chi connectivity index (χ2n) is 5.86. The zero-order valence-electron chi connectivity index (χ0n) is 13.9. The minimum atomic E-state index is -0.536. The SMILES string of the molecule is C[C@H]1Oc2ccc(NC(=O)c3ccc(-c4cnco4)cc3)cc2NC1=O. The smallest absolute Gasteiger partial charge is 0.265 e. The standard InChI is InChI=1S/C19H15N3O4/c1-11-18(23)22-15-8-14(6-7-16(15)26-11)21-19(24)13-4-2-12(3-5-13)17-9-20-10-25-17/h2-11H,1H3,(H,21,24)(H,22,23)/t11-/m1/s1. The molecule has 0 aliphatic carbocycles. The molecule has 0 fully saturated rings. The first-order valence-electron chi connectivity index (χ1n) is 8.02. The first kappa shape index (κ1) is 15.9. The number of benzene rings is 2. The van der Waals surface area contributed by atoms with E-state index in [4.69, 9.17) is 9.15 Å². The zero-order chi connectivity index (χ0) is 18.1. The summed E-state index contributed by atoms with van der Waals surface area (Å²) in [5.41, 5.74) is 2.43. The lowest BCUT2D eigenvalue weighted by molar-refractivity contribution is -0.122. The zero-order valence-corrected chi connectivity index (χ0v) is 13.9. The molecule has 0 unspecified atom stereocenters. The summed E-state index contributed by atoms with van der Waals surface area (Å²) in [5.74, 6) is 0.734. The van der Waals surface area contributed by atoms with Gasteiger partial charge in [-0.1, -0.05) is 12.1 Å². The summed E-state index contributed by atoms with van der Waals surface area (Å²) in [6.07, 6.45) is 2.43. The van der Waals surface area contributed by atoms with Crippen molar-refractivity contribution in [3.8, 4) is 17.1 Å². The van der Waals surface area contributed by atoms with E-state index in [0.717, 1.165) is 5.56 Å². The van der Waals surface area contributed by atoms with Gasteiger partial charge in [0, 0.05) is 16.8 Å². The molecule has 0 saturated carbocycles. The number of carbonyl (C=O) groups is 2. The summed E-state index contributed by atoms with van der Waals surface area (Å²) in [6.45, 7) is 1.68. The number of amides is 2. The Hall–Kier alpha value is -3.61. The highest BCUT2D eigenvalue weighted by Gasteiger charge is 2.23. The molecule has 2 heterocycles. The van der Waals surface area contributed by atoms with E-state index >= 15 is 0 Å². The van der Waals surface area contributed by atoms with Crippen molar-refractivity contribution >= 4 is 23.2 Å². The lowest BCUT2D eigenvalue weighted by Gasteiger charge is -2.23. The monoisotopic (exact) mass is 349 g/mol. The van der Waals surface area contributed by atoms with E-state index in [1.165, 1.54) is 6.39 Å². The Morgan fingerprint density at radius 2 is 2.00 bits per heavy atom. The van der Waals surface area contributed by atoms with Crippen LogP contribution < -0.4 is 15.4 Å². The van der Waals surface area contributed by atoms with Gasteiger partial charge in [-0.15, -0.1) is 0 Å². The van der Waals surface area contributed by atoms with Crippen LogP contribution in [-0.2, 0) is 4.79 Å². The van der Waals surface area contributed by atoms with Crippen LogP contribution in [0.1, 0.15) is 17.3 Å². The van der Waals surface area contributed by atoms with Crippen LogP contribution >= 0.6 is 0 Å². The lowest BCUT2D eigenvalue weighted by atomic mass is 10.1. The molecule has 0 spiro atoms. The van der Waals surface area contributed by atoms with Gasteiger partial charge < -0.3 is 19.8 Å². The van der Waals surface area contributed by atoms with E-state index in [-0.39, 0.29) is 11.8 Å². The van der Waals surface area contributed by atoms with Gasteiger partial charge in [-0.25, -0.2) is 4.98 Å². The Morgan fingerprint density at radius 3 is 2.73 bits per heavy atom. The highest BCUT2D eigenvalue weighted by Crippen LogP contribution is 2.32. The molecule has 0 saturated heterocycles. The minimum Gasteiger partial charge on any atom is -0.479 e. The number of rotatable bonds is 3. The van der Waals surface area contributed by atoms with Gasteiger partial charge >= 0.3 is 0 Å². The van der Waals surface area contributed by atoms with E-state index in [9.17, 15) is 9.59 Å². The maximum Gasteiger partial charge on any atom is 0.265 e. The molecule has 1 aliphatic rings. The summed E-state index contributed by atoms with van der Waals surface area (Å²) in [6, 6.07) is 12.1. The molecule has 1 aromatic heterocycles. The van der Waals surface area contributed by atoms with Crippen LogP contribution in [0.4, 0.5) is 11.4 Å². The van der Waals surface area contributed by atoms with E-state index in [1.807, 2.05) is 0 Å². The number of oxazole rings is 1. The third-order valence-electron chi connectivity index (χ3n) is 4.03.